The van der Waals surface area contributed by atoms with Gasteiger partial charge in [0.1, 0.15) is 0 Å². The van der Waals surface area contributed by atoms with Crippen LogP contribution in [-0.4, -0.2) is 43.4 Å². The molecule has 1 heterocycles. The lowest BCUT2D eigenvalue weighted by Gasteiger charge is -2.34. The number of nitrogens with one attached hydrogen (secondary N) is 1. The van der Waals surface area contributed by atoms with Gasteiger partial charge in [-0.3, -0.25) is 9.79 Å². The molecule has 0 aromatic rings. The third-order valence-electron chi connectivity index (χ3n) is 3.77. The van der Waals surface area contributed by atoms with Gasteiger partial charge in [0.25, 0.3) is 0 Å². The van der Waals surface area contributed by atoms with E-state index in [4.69, 9.17) is 5.73 Å². The van der Waals surface area contributed by atoms with Crippen LogP contribution in [0.5, 0.6) is 0 Å². The predicted molar refractivity (Wildman–Crippen MR) is 87.6 cm³/mol. The van der Waals surface area contributed by atoms with Crippen molar-refractivity contribution in [2.45, 2.75) is 32.1 Å². The van der Waals surface area contributed by atoms with Gasteiger partial charge in [0.2, 0.25) is 5.91 Å². The molecule has 0 aromatic carbocycles. The number of primary amides is 1. The number of nitrogens with zero attached hydrogens (tertiary/aromatic N) is 2. The van der Waals surface area contributed by atoms with Crippen molar-refractivity contribution < 1.29 is 4.79 Å². The number of hydrogen-bond acceptors (Lipinski definition) is 2. The Morgan fingerprint density at radius 3 is 2.68 bits per heavy atom. The molecule has 0 aromatic heterocycles. The smallest absolute Gasteiger partial charge is 0.217 e. The number of amides is 1. The number of carbonyl (C=O) groups is 1. The van der Waals surface area contributed by atoms with Crippen LogP contribution < -0.4 is 11.1 Å². The van der Waals surface area contributed by atoms with E-state index in [0.29, 0.717) is 12.3 Å². The third kappa shape index (κ3) is 5.54. The van der Waals surface area contributed by atoms with E-state index in [9.17, 15) is 4.79 Å². The molecule has 2 rings (SSSR count). The molecule has 5 nitrogen and oxygen atoms in total. The van der Waals surface area contributed by atoms with Gasteiger partial charge in [0.15, 0.2) is 5.96 Å². The largest absolute Gasteiger partial charge is 0.370 e. The van der Waals surface area contributed by atoms with E-state index in [2.05, 4.69) is 15.2 Å². The Bertz CT molecular complexity index is 331. The fourth-order valence-electron chi connectivity index (χ4n) is 2.60. The molecule has 1 amide bonds. The van der Waals surface area contributed by atoms with Gasteiger partial charge >= 0.3 is 0 Å². The quantitative estimate of drug-likeness (QED) is 0.437. The minimum absolute atomic E-state index is 0. The Balaban J connectivity index is 0.00000180. The Labute approximate surface area is 132 Å². The first-order valence-electron chi connectivity index (χ1n) is 6.93. The highest BCUT2D eigenvalue weighted by atomic mass is 127. The lowest BCUT2D eigenvalue weighted by Crippen LogP contribution is -2.47. The molecule has 1 aliphatic carbocycles. The van der Waals surface area contributed by atoms with Gasteiger partial charge in [-0.25, -0.2) is 0 Å². The second-order valence-corrected chi connectivity index (χ2v) is 5.50. The molecule has 6 heteroatoms. The summed E-state index contributed by atoms with van der Waals surface area (Å²) < 4.78 is 0. The van der Waals surface area contributed by atoms with E-state index in [1.165, 1.54) is 12.8 Å². The fraction of sp³-hybridized carbons (Fsp3) is 0.846. The van der Waals surface area contributed by atoms with Crippen molar-refractivity contribution in [1.29, 1.82) is 0 Å². The second-order valence-electron chi connectivity index (χ2n) is 5.50. The van der Waals surface area contributed by atoms with Gasteiger partial charge in [-0.2, -0.15) is 0 Å². The molecule has 1 saturated heterocycles. The Hall–Kier alpha value is -0.530. The molecule has 0 radical (unpaired) electrons. The first-order chi connectivity index (χ1) is 8.69. The number of hydrogen-bond donors (Lipinski definition) is 2. The van der Waals surface area contributed by atoms with Crippen molar-refractivity contribution in [2.24, 2.45) is 22.6 Å². The minimum atomic E-state index is -0.192. The number of guanidine groups is 1. The van der Waals surface area contributed by atoms with Gasteiger partial charge in [0.05, 0.1) is 0 Å². The van der Waals surface area contributed by atoms with Crippen molar-refractivity contribution in [3.05, 3.63) is 0 Å². The van der Waals surface area contributed by atoms with Gasteiger partial charge in [-0.05, 0) is 37.5 Å². The first kappa shape index (κ1) is 16.5. The highest BCUT2D eigenvalue weighted by Gasteiger charge is 2.25. The number of piperidine rings is 1. The maximum Gasteiger partial charge on any atom is 0.217 e. The van der Waals surface area contributed by atoms with Crippen LogP contribution in [-0.2, 0) is 4.79 Å². The zero-order valence-corrected chi connectivity index (χ0v) is 13.9. The number of likely N-dealkylation sites (tertiary alicyclic amines) is 1. The highest BCUT2D eigenvalue weighted by Crippen LogP contribution is 2.27. The van der Waals surface area contributed by atoms with E-state index < -0.39 is 0 Å². The van der Waals surface area contributed by atoms with E-state index in [1.54, 1.807) is 0 Å². The summed E-state index contributed by atoms with van der Waals surface area (Å²) in [5.41, 5.74) is 5.28. The molecule has 2 aliphatic rings. The van der Waals surface area contributed by atoms with Crippen LogP contribution in [0.3, 0.4) is 0 Å². The average molecular weight is 380 g/mol. The number of nitrogens with two attached hydrogens (primary N) is 1. The molecule has 110 valence electrons. The molecule has 1 atom stereocenters. The predicted octanol–water partition coefficient (Wildman–Crippen LogP) is 1.18. The highest BCUT2D eigenvalue weighted by molar-refractivity contribution is 14.0. The summed E-state index contributed by atoms with van der Waals surface area (Å²) in [6.45, 7) is 2.95. The molecule has 3 N–H and O–H groups in total. The molecule has 0 bridgehead atoms. The lowest BCUT2D eigenvalue weighted by molar-refractivity contribution is -0.119. The summed E-state index contributed by atoms with van der Waals surface area (Å²) in [5.74, 6) is 2.02. The van der Waals surface area contributed by atoms with Gasteiger partial charge < -0.3 is 16.0 Å². The van der Waals surface area contributed by atoms with E-state index in [-0.39, 0.29) is 29.9 Å². The molecular weight excluding hydrogens is 355 g/mol. The van der Waals surface area contributed by atoms with E-state index in [0.717, 1.165) is 44.4 Å². The van der Waals surface area contributed by atoms with Crippen molar-refractivity contribution in [1.82, 2.24) is 10.2 Å². The summed E-state index contributed by atoms with van der Waals surface area (Å²) in [4.78, 5) is 17.6. The average Bonchev–Trinajstić information content (AvgIpc) is 3.13. The Morgan fingerprint density at radius 2 is 2.11 bits per heavy atom. The normalized spacial score (nSPS) is 23.7. The molecule has 1 saturated carbocycles. The zero-order valence-electron chi connectivity index (χ0n) is 11.6. The Morgan fingerprint density at radius 1 is 1.37 bits per heavy atom. The molecule has 0 spiro atoms. The fourth-order valence-corrected chi connectivity index (χ4v) is 2.60. The summed E-state index contributed by atoms with van der Waals surface area (Å²) in [6.07, 6.45) is 5.39. The molecule has 1 unspecified atom stereocenters. The second kappa shape index (κ2) is 7.91. The molecule has 19 heavy (non-hydrogen) atoms. The number of aliphatic imine (C=N–C) groups is 1. The summed E-state index contributed by atoms with van der Waals surface area (Å²) in [7, 11) is 1.83. The maximum absolute atomic E-state index is 11.0. The molecule has 2 fully saturated rings. The Kier molecular flexibility index (Phi) is 6.88. The lowest BCUT2D eigenvalue weighted by atomic mass is 9.95. The summed E-state index contributed by atoms with van der Waals surface area (Å²) in [6, 6.07) is 0. The van der Waals surface area contributed by atoms with Crippen LogP contribution in [0.1, 0.15) is 32.1 Å². The van der Waals surface area contributed by atoms with Crippen LogP contribution in [0.15, 0.2) is 4.99 Å². The topological polar surface area (TPSA) is 70.7 Å². The number of rotatable bonds is 4. The first-order valence-corrected chi connectivity index (χ1v) is 6.93. The van der Waals surface area contributed by atoms with Crippen LogP contribution in [0.25, 0.3) is 0 Å². The van der Waals surface area contributed by atoms with Crippen molar-refractivity contribution in [3.63, 3.8) is 0 Å². The van der Waals surface area contributed by atoms with Crippen LogP contribution in [0.2, 0.25) is 0 Å². The maximum atomic E-state index is 11.0. The monoisotopic (exact) mass is 380 g/mol. The van der Waals surface area contributed by atoms with E-state index >= 15 is 0 Å². The SMILES string of the molecule is CN=C(NCC1CC1)N1CCCC(CC(N)=O)C1.I. The minimum Gasteiger partial charge on any atom is -0.370 e. The third-order valence-corrected chi connectivity index (χ3v) is 3.77. The number of carbonyl (C=O) groups excluding carboxylic acids is 1. The van der Waals surface area contributed by atoms with Crippen LogP contribution in [0, 0.1) is 11.8 Å². The molecule has 1 aliphatic heterocycles. The van der Waals surface area contributed by atoms with Crippen molar-refractivity contribution in [2.75, 3.05) is 26.7 Å². The number of halogens is 1. The van der Waals surface area contributed by atoms with Gasteiger partial charge in [-0.15, -0.1) is 24.0 Å². The van der Waals surface area contributed by atoms with Crippen LogP contribution >= 0.6 is 24.0 Å². The summed E-state index contributed by atoms with van der Waals surface area (Å²) >= 11 is 0. The van der Waals surface area contributed by atoms with Crippen LogP contribution in [0.4, 0.5) is 0 Å². The van der Waals surface area contributed by atoms with Gasteiger partial charge in [-0.1, -0.05) is 0 Å². The standard InChI is InChI=1S/C13H24N4O.HI/c1-15-13(16-8-10-4-5-10)17-6-2-3-11(9-17)7-12(14)18;/h10-11H,2-9H2,1H3,(H2,14,18)(H,15,16);1H. The molecular formula is C13H25IN4O. The summed E-state index contributed by atoms with van der Waals surface area (Å²) in [5, 5.41) is 3.43. The zero-order chi connectivity index (χ0) is 13.0. The van der Waals surface area contributed by atoms with Crippen molar-refractivity contribution >= 4 is 35.8 Å². The van der Waals surface area contributed by atoms with Crippen molar-refractivity contribution in [3.8, 4) is 0 Å². The van der Waals surface area contributed by atoms with Gasteiger partial charge in [0, 0.05) is 33.1 Å². The van der Waals surface area contributed by atoms with E-state index in [1.807, 2.05) is 7.05 Å².